The largest absolute Gasteiger partial charge is 0.481 e. The SMILES string of the molecule is CC1(CCCC(O)CCCC2(CC(=O)O)CC2)CC1. The Morgan fingerprint density at radius 3 is 2.16 bits per heavy atom. The summed E-state index contributed by atoms with van der Waals surface area (Å²) in [4.78, 5) is 10.7. The van der Waals surface area contributed by atoms with Crippen molar-refractivity contribution in [2.24, 2.45) is 10.8 Å². The molecular formula is C16H28O3. The minimum Gasteiger partial charge on any atom is -0.481 e. The van der Waals surface area contributed by atoms with E-state index < -0.39 is 5.97 Å². The molecule has 1 atom stereocenters. The number of aliphatic hydroxyl groups excluding tert-OH is 1. The molecule has 0 aromatic rings. The van der Waals surface area contributed by atoms with E-state index in [1.165, 1.54) is 19.3 Å². The molecule has 0 aromatic heterocycles. The van der Waals surface area contributed by atoms with Crippen molar-refractivity contribution in [3.05, 3.63) is 0 Å². The van der Waals surface area contributed by atoms with Crippen molar-refractivity contribution in [1.82, 2.24) is 0 Å². The number of carboxylic acid groups (broad SMARTS) is 1. The fourth-order valence-electron chi connectivity index (χ4n) is 3.10. The molecule has 0 saturated heterocycles. The van der Waals surface area contributed by atoms with Gasteiger partial charge in [-0.1, -0.05) is 19.8 Å². The first-order valence-corrected chi connectivity index (χ1v) is 7.83. The second-order valence-corrected chi connectivity index (χ2v) is 7.32. The van der Waals surface area contributed by atoms with Gasteiger partial charge in [0, 0.05) is 0 Å². The van der Waals surface area contributed by atoms with E-state index in [1.54, 1.807) is 0 Å². The molecule has 2 aliphatic rings. The Hall–Kier alpha value is -0.570. The molecular weight excluding hydrogens is 240 g/mol. The topological polar surface area (TPSA) is 57.5 Å². The van der Waals surface area contributed by atoms with Gasteiger partial charge in [-0.2, -0.15) is 0 Å². The predicted octanol–water partition coefficient (Wildman–Crippen LogP) is 3.74. The van der Waals surface area contributed by atoms with Gasteiger partial charge < -0.3 is 10.2 Å². The van der Waals surface area contributed by atoms with Crippen LogP contribution < -0.4 is 0 Å². The lowest BCUT2D eigenvalue weighted by molar-refractivity contribution is -0.138. The third-order valence-corrected chi connectivity index (χ3v) is 5.15. The first-order valence-electron chi connectivity index (χ1n) is 7.83. The van der Waals surface area contributed by atoms with Gasteiger partial charge in [-0.3, -0.25) is 4.79 Å². The minimum absolute atomic E-state index is 0.0903. The van der Waals surface area contributed by atoms with Crippen LogP contribution in [0.1, 0.15) is 77.6 Å². The van der Waals surface area contributed by atoms with E-state index in [4.69, 9.17) is 5.11 Å². The Morgan fingerprint density at radius 2 is 1.68 bits per heavy atom. The second kappa shape index (κ2) is 5.82. The van der Waals surface area contributed by atoms with E-state index in [1.807, 2.05) is 0 Å². The minimum atomic E-state index is -0.671. The lowest BCUT2D eigenvalue weighted by Crippen LogP contribution is -2.11. The zero-order valence-electron chi connectivity index (χ0n) is 12.2. The first-order chi connectivity index (χ1) is 8.93. The van der Waals surface area contributed by atoms with Gasteiger partial charge in [0.2, 0.25) is 0 Å². The Bertz CT molecular complexity index is 316. The third-order valence-electron chi connectivity index (χ3n) is 5.15. The van der Waals surface area contributed by atoms with Gasteiger partial charge in [-0.25, -0.2) is 0 Å². The number of aliphatic hydroxyl groups is 1. The zero-order chi connectivity index (χ0) is 13.9. The van der Waals surface area contributed by atoms with Crippen molar-refractivity contribution in [3.63, 3.8) is 0 Å². The average Bonchev–Trinajstić information content (AvgIpc) is 3.19. The van der Waals surface area contributed by atoms with Crippen LogP contribution in [0.2, 0.25) is 0 Å². The standard InChI is InChI=1S/C16H28O3/c1-15(8-9-15)6-2-4-13(17)5-3-7-16(10-11-16)12-14(18)19/h13,17H,2-12H2,1H3,(H,18,19). The van der Waals surface area contributed by atoms with Gasteiger partial charge in [-0.15, -0.1) is 0 Å². The number of hydrogen-bond donors (Lipinski definition) is 2. The summed E-state index contributed by atoms with van der Waals surface area (Å²) in [7, 11) is 0. The molecule has 3 nitrogen and oxygen atoms in total. The first kappa shape index (κ1) is 14.8. The highest BCUT2D eigenvalue weighted by atomic mass is 16.4. The van der Waals surface area contributed by atoms with E-state index in [9.17, 15) is 9.90 Å². The van der Waals surface area contributed by atoms with Crippen LogP contribution in [0.25, 0.3) is 0 Å². The third kappa shape index (κ3) is 5.13. The number of carbonyl (C=O) groups is 1. The molecule has 0 radical (unpaired) electrons. The normalized spacial score (nSPS) is 23.9. The van der Waals surface area contributed by atoms with Crippen molar-refractivity contribution in [2.45, 2.75) is 83.7 Å². The van der Waals surface area contributed by atoms with Crippen molar-refractivity contribution in [1.29, 1.82) is 0 Å². The molecule has 2 N–H and O–H groups in total. The monoisotopic (exact) mass is 268 g/mol. The summed E-state index contributed by atoms with van der Waals surface area (Å²) in [5.41, 5.74) is 0.687. The predicted molar refractivity (Wildman–Crippen MR) is 75.0 cm³/mol. The number of hydrogen-bond acceptors (Lipinski definition) is 2. The van der Waals surface area contributed by atoms with Crippen LogP contribution in [0.15, 0.2) is 0 Å². The van der Waals surface area contributed by atoms with E-state index in [0.29, 0.717) is 11.8 Å². The molecule has 2 aliphatic carbocycles. The summed E-state index contributed by atoms with van der Waals surface area (Å²) in [6.45, 7) is 2.34. The molecule has 0 heterocycles. The molecule has 0 spiro atoms. The fourth-order valence-corrected chi connectivity index (χ4v) is 3.10. The van der Waals surface area contributed by atoms with Gasteiger partial charge in [0.05, 0.1) is 12.5 Å². The molecule has 0 aliphatic heterocycles. The Morgan fingerprint density at radius 1 is 1.11 bits per heavy atom. The molecule has 0 aromatic carbocycles. The summed E-state index contributed by atoms with van der Waals surface area (Å²) >= 11 is 0. The van der Waals surface area contributed by atoms with Crippen molar-refractivity contribution in [3.8, 4) is 0 Å². The summed E-state index contributed by atoms with van der Waals surface area (Å²) in [6, 6.07) is 0. The zero-order valence-corrected chi connectivity index (χ0v) is 12.2. The highest BCUT2D eigenvalue weighted by Gasteiger charge is 2.43. The fraction of sp³-hybridized carbons (Fsp3) is 0.938. The van der Waals surface area contributed by atoms with Gasteiger partial charge in [0.1, 0.15) is 0 Å². The maximum absolute atomic E-state index is 10.7. The van der Waals surface area contributed by atoms with E-state index >= 15 is 0 Å². The van der Waals surface area contributed by atoms with Crippen LogP contribution in [0.5, 0.6) is 0 Å². The molecule has 1 unspecified atom stereocenters. The van der Waals surface area contributed by atoms with Crippen LogP contribution in [-0.4, -0.2) is 22.3 Å². The van der Waals surface area contributed by atoms with Crippen LogP contribution in [-0.2, 0) is 4.79 Å². The summed E-state index contributed by atoms with van der Waals surface area (Å²) in [5, 5.41) is 18.8. The molecule has 110 valence electrons. The number of aliphatic carboxylic acids is 1. The highest BCUT2D eigenvalue weighted by Crippen LogP contribution is 2.53. The van der Waals surface area contributed by atoms with Gasteiger partial charge in [-0.05, 0) is 62.2 Å². The molecule has 3 heteroatoms. The van der Waals surface area contributed by atoms with Crippen LogP contribution in [0.3, 0.4) is 0 Å². The summed E-state index contributed by atoms with van der Waals surface area (Å²) in [5.74, 6) is -0.671. The maximum atomic E-state index is 10.7. The Balaban J connectivity index is 1.51. The molecule has 0 amide bonds. The molecule has 2 saturated carbocycles. The van der Waals surface area contributed by atoms with E-state index in [0.717, 1.165) is 44.9 Å². The molecule has 19 heavy (non-hydrogen) atoms. The second-order valence-electron chi connectivity index (χ2n) is 7.32. The molecule has 2 fully saturated rings. The average molecular weight is 268 g/mol. The summed E-state index contributed by atoms with van der Waals surface area (Å²) in [6.07, 6.45) is 11.1. The highest BCUT2D eigenvalue weighted by molar-refractivity contribution is 5.68. The number of carboxylic acids is 1. The Kier molecular flexibility index (Phi) is 4.54. The van der Waals surface area contributed by atoms with Gasteiger partial charge >= 0.3 is 5.97 Å². The lowest BCUT2D eigenvalue weighted by Gasteiger charge is -2.15. The maximum Gasteiger partial charge on any atom is 0.303 e. The van der Waals surface area contributed by atoms with E-state index in [-0.39, 0.29) is 11.5 Å². The van der Waals surface area contributed by atoms with Crippen molar-refractivity contribution >= 4 is 5.97 Å². The number of rotatable bonds is 10. The summed E-state index contributed by atoms with van der Waals surface area (Å²) < 4.78 is 0. The smallest absolute Gasteiger partial charge is 0.303 e. The van der Waals surface area contributed by atoms with Crippen LogP contribution in [0, 0.1) is 10.8 Å². The van der Waals surface area contributed by atoms with E-state index in [2.05, 4.69) is 6.92 Å². The molecule has 2 rings (SSSR count). The molecule has 0 bridgehead atoms. The van der Waals surface area contributed by atoms with Crippen molar-refractivity contribution < 1.29 is 15.0 Å². The van der Waals surface area contributed by atoms with Crippen LogP contribution in [0.4, 0.5) is 0 Å². The van der Waals surface area contributed by atoms with Crippen LogP contribution >= 0.6 is 0 Å². The quantitative estimate of drug-likeness (QED) is 0.634. The van der Waals surface area contributed by atoms with Crippen molar-refractivity contribution in [2.75, 3.05) is 0 Å². The van der Waals surface area contributed by atoms with Gasteiger partial charge in [0.15, 0.2) is 0 Å². The lowest BCUT2D eigenvalue weighted by atomic mass is 9.93. The van der Waals surface area contributed by atoms with Gasteiger partial charge in [0.25, 0.3) is 0 Å². The Labute approximate surface area is 116 Å².